The van der Waals surface area contributed by atoms with Crippen LogP contribution in [0.4, 0.5) is 15.9 Å². The topological polar surface area (TPSA) is 75.9 Å². The van der Waals surface area contributed by atoms with Crippen LogP contribution in [-0.4, -0.2) is 35.6 Å². The van der Waals surface area contributed by atoms with Gasteiger partial charge in [0.1, 0.15) is 30.7 Å². The van der Waals surface area contributed by atoms with Gasteiger partial charge in [-0.15, -0.1) is 0 Å². The van der Waals surface area contributed by atoms with Gasteiger partial charge in [-0.1, -0.05) is 6.92 Å². The van der Waals surface area contributed by atoms with Gasteiger partial charge in [-0.2, -0.15) is 5.26 Å². The minimum Gasteiger partial charge on any atom is -0.627 e. The SMILES string of the molecule is CCc1cnc(N2CC[N+]([O-])(c3ccc(F)cc3)CC2C)c(C#N)n1. The first-order valence-corrected chi connectivity index (χ1v) is 8.33. The monoisotopic (exact) mass is 341 g/mol. The van der Waals surface area contributed by atoms with E-state index >= 15 is 0 Å². The number of hydroxylamine groups is 2. The fraction of sp³-hybridized carbons (Fsp3) is 0.389. The van der Waals surface area contributed by atoms with Crippen molar-refractivity contribution in [3.63, 3.8) is 0 Å². The molecular weight excluding hydrogens is 321 g/mol. The third kappa shape index (κ3) is 3.31. The van der Waals surface area contributed by atoms with Crippen LogP contribution in [0.3, 0.4) is 0 Å². The van der Waals surface area contributed by atoms with Gasteiger partial charge in [-0.25, -0.2) is 14.4 Å². The zero-order valence-electron chi connectivity index (χ0n) is 14.3. The summed E-state index contributed by atoms with van der Waals surface area (Å²) < 4.78 is 12.6. The first kappa shape index (κ1) is 17.3. The van der Waals surface area contributed by atoms with Gasteiger partial charge >= 0.3 is 0 Å². The molecule has 0 aliphatic carbocycles. The Balaban J connectivity index is 1.85. The number of anilines is 1. The summed E-state index contributed by atoms with van der Waals surface area (Å²) in [5.41, 5.74) is 1.60. The first-order chi connectivity index (χ1) is 12.0. The molecule has 0 bridgehead atoms. The highest BCUT2D eigenvalue weighted by molar-refractivity contribution is 5.53. The molecule has 0 radical (unpaired) electrons. The van der Waals surface area contributed by atoms with Gasteiger partial charge in [0.05, 0.1) is 24.5 Å². The molecule has 1 aliphatic rings. The number of nitriles is 1. The second-order valence-corrected chi connectivity index (χ2v) is 6.31. The molecule has 7 heteroatoms. The molecule has 2 aromatic rings. The fourth-order valence-corrected chi connectivity index (χ4v) is 3.24. The van der Waals surface area contributed by atoms with Crippen LogP contribution in [0.1, 0.15) is 25.2 Å². The van der Waals surface area contributed by atoms with Crippen molar-refractivity contribution in [2.24, 2.45) is 0 Å². The first-order valence-electron chi connectivity index (χ1n) is 8.33. The lowest BCUT2D eigenvalue weighted by Gasteiger charge is -2.50. The van der Waals surface area contributed by atoms with E-state index in [2.05, 4.69) is 16.0 Å². The normalized spacial score (nSPS) is 23.3. The molecule has 0 spiro atoms. The second-order valence-electron chi connectivity index (χ2n) is 6.31. The molecular formula is C18H20FN5O. The van der Waals surface area contributed by atoms with Crippen LogP contribution in [-0.2, 0) is 6.42 Å². The van der Waals surface area contributed by atoms with Crippen molar-refractivity contribution in [2.45, 2.75) is 26.3 Å². The van der Waals surface area contributed by atoms with E-state index in [0.717, 1.165) is 5.69 Å². The predicted octanol–water partition coefficient (Wildman–Crippen LogP) is 2.76. The summed E-state index contributed by atoms with van der Waals surface area (Å²) >= 11 is 0. The number of hydrogen-bond acceptors (Lipinski definition) is 5. The third-order valence-corrected chi connectivity index (χ3v) is 4.63. The Bertz CT molecular complexity index is 804. The number of benzene rings is 1. The quantitative estimate of drug-likeness (QED) is 0.634. The van der Waals surface area contributed by atoms with Gasteiger partial charge in [0, 0.05) is 12.1 Å². The van der Waals surface area contributed by atoms with Crippen molar-refractivity contribution >= 4 is 11.5 Å². The van der Waals surface area contributed by atoms with E-state index in [4.69, 9.17) is 0 Å². The number of halogens is 1. The maximum Gasteiger partial charge on any atom is 0.183 e. The third-order valence-electron chi connectivity index (χ3n) is 4.63. The predicted molar refractivity (Wildman–Crippen MR) is 94.2 cm³/mol. The molecule has 3 rings (SSSR count). The van der Waals surface area contributed by atoms with E-state index in [9.17, 15) is 14.9 Å². The molecule has 0 N–H and O–H groups in total. The molecule has 2 heterocycles. The molecule has 1 aromatic carbocycles. The lowest BCUT2D eigenvalue weighted by molar-refractivity contribution is 0.303. The minimum atomic E-state index is -0.514. The number of quaternary nitrogens is 1. The van der Waals surface area contributed by atoms with Crippen LogP contribution in [0.25, 0.3) is 0 Å². The molecule has 1 aromatic heterocycles. The van der Waals surface area contributed by atoms with Gasteiger partial charge in [-0.3, -0.25) is 0 Å². The maximum atomic E-state index is 13.2. The minimum absolute atomic E-state index is 0.120. The zero-order chi connectivity index (χ0) is 18.0. The summed E-state index contributed by atoms with van der Waals surface area (Å²) in [5, 5.41) is 22.5. The molecule has 2 atom stereocenters. The standard InChI is InChI=1S/C18H20FN5O/c1-3-15-11-21-18(17(10-20)22-15)23-8-9-24(25,12-13(23)2)16-6-4-14(19)5-7-16/h4-7,11,13H,3,8-9,12H2,1-2H3. The van der Waals surface area contributed by atoms with Crippen molar-refractivity contribution in [2.75, 3.05) is 24.5 Å². The highest BCUT2D eigenvalue weighted by Crippen LogP contribution is 2.29. The summed E-state index contributed by atoms with van der Waals surface area (Å²) in [4.78, 5) is 10.7. The van der Waals surface area contributed by atoms with Crippen LogP contribution in [0.15, 0.2) is 30.5 Å². The van der Waals surface area contributed by atoms with E-state index in [1.807, 2.05) is 18.7 Å². The van der Waals surface area contributed by atoms with E-state index in [1.54, 1.807) is 18.3 Å². The Labute approximate surface area is 146 Å². The molecule has 1 fully saturated rings. The average molecular weight is 341 g/mol. The highest BCUT2D eigenvalue weighted by atomic mass is 19.1. The van der Waals surface area contributed by atoms with Crippen LogP contribution >= 0.6 is 0 Å². The summed E-state index contributed by atoms with van der Waals surface area (Å²) in [6.45, 7) is 4.95. The van der Waals surface area contributed by atoms with Gasteiger partial charge in [0.15, 0.2) is 11.5 Å². The lowest BCUT2D eigenvalue weighted by Crippen LogP contribution is -2.61. The largest absolute Gasteiger partial charge is 0.627 e. The van der Waals surface area contributed by atoms with E-state index in [1.165, 1.54) is 12.1 Å². The number of aromatic nitrogens is 2. The summed E-state index contributed by atoms with van der Waals surface area (Å²) in [6, 6.07) is 7.70. The van der Waals surface area contributed by atoms with Crippen LogP contribution in [0.5, 0.6) is 0 Å². The summed E-state index contributed by atoms with van der Waals surface area (Å²) in [5.74, 6) is 0.171. The Hall–Kier alpha value is -2.56. The highest BCUT2D eigenvalue weighted by Gasteiger charge is 2.34. The Kier molecular flexibility index (Phi) is 4.66. The Morgan fingerprint density at radius 1 is 1.40 bits per heavy atom. The molecule has 6 nitrogen and oxygen atoms in total. The number of aryl methyl sites for hydroxylation is 1. The second kappa shape index (κ2) is 6.75. The smallest absolute Gasteiger partial charge is 0.183 e. The van der Waals surface area contributed by atoms with E-state index < -0.39 is 4.65 Å². The van der Waals surface area contributed by atoms with Crippen LogP contribution < -0.4 is 9.55 Å². The molecule has 1 aliphatic heterocycles. The molecule has 1 saturated heterocycles. The summed E-state index contributed by atoms with van der Waals surface area (Å²) in [7, 11) is 0. The van der Waals surface area contributed by atoms with Crippen LogP contribution in [0.2, 0.25) is 0 Å². The van der Waals surface area contributed by atoms with Gasteiger partial charge < -0.3 is 14.8 Å². The van der Waals surface area contributed by atoms with Gasteiger partial charge in [0.25, 0.3) is 0 Å². The van der Waals surface area contributed by atoms with E-state index in [0.29, 0.717) is 43.3 Å². The Morgan fingerprint density at radius 3 is 2.72 bits per heavy atom. The lowest BCUT2D eigenvalue weighted by atomic mass is 10.1. The van der Waals surface area contributed by atoms with Crippen molar-refractivity contribution < 1.29 is 4.39 Å². The number of nitrogens with zero attached hydrogens (tertiary/aromatic N) is 5. The maximum absolute atomic E-state index is 13.2. The van der Waals surface area contributed by atoms with Crippen molar-refractivity contribution in [1.29, 1.82) is 5.26 Å². The molecule has 25 heavy (non-hydrogen) atoms. The van der Waals surface area contributed by atoms with Gasteiger partial charge in [0.2, 0.25) is 0 Å². The van der Waals surface area contributed by atoms with Crippen LogP contribution in [0, 0.1) is 22.4 Å². The zero-order valence-corrected chi connectivity index (χ0v) is 14.3. The Morgan fingerprint density at radius 2 is 2.12 bits per heavy atom. The molecule has 0 saturated carbocycles. The fourth-order valence-electron chi connectivity index (χ4n) is 3.24. The van der Waals surface area contributed by atoms with E-state index in [-0.39, 0.29) is 11.9 Å². The molecule has 130 valence electrons. The van der Waals surface area contributed by atoms with Crippen molar-refractivity contribution in [1.82, 2.24) is 14.6 Å². The number of piperazine rings is 1. The number of rotatable bonds is 3. The number of hydrogen-bond donors (Lipinski definition) is 0. The molecule has 0 amide bonds. The van der Waals surface area contributed by atoms with Gasteiger partial charge in [-0.05, 0) is 25.5 Å². The van der Waals surface area contributed by atoms with Crippen molar-refractivity contribution in [3.05, 3.63) is 52.9 Å². The van der Waals surface area contributed by atoms with Crippen molar-refractivity contribution in [3.8, 4) is 6.07 Å². The average Bonchev–Trinajstić information content (AvgIpc) is 2.62. The summed E-state index contributed by atoms with van der Waals surface area (Å²) in [6.07, 6.45) is 2.39. The molecule has 2 unspecified atom stereocenters.